The molecule has 0 spiro atoms. The minimum absolute atomic E-state index is 0.215. The van der Waals surface area contributed by atoms with Crippen molar-refractivity contribution in [2.45, 2.75) is 201 Å². The summed E-state index contributed by atoms with van der Waals surface area (Å²) in [4.78, 5) is 0. The van der Waals surface area contributed by atoms with E-state index in [1.807, 2.05) is 6.92 Å². The number of halogens is 1. The van der Waals surface area contributed by atoms with Gasteiger partial charge in [0.2, 0.25) is 0 Å². The van der Waals surface area contributed by atoms with E-state index in [4.69, 9.17) is 50.9 Å². The number of hydrogen-bond donors (Lipinski definition) is 0. The molecule has 0 heterocycles. The fraction of sp³-hybridized carbons (Fsp3) is 1.00. The molecule has 0 aliphatic rings. The largest absolute Gasteiger partial charge is 0.415 e. The third kappa shape index (κ3) is 30.9. The topological polar surface area (TPSA) is 102 Å². The summed E-state index contributed by atoms with van der Waals surface area (Å²) >= 11 is 3.57. The lowest BCUT2D eigenvalue weighted by Crippen LogP contribution is -2.54. The first-order valence-corrected chi connectivity index (χ1v) is 36.2. The number of ether oxygens (including phenoxy) is 7. The van der Waals surface area contributed by atoms with E-state index in [1.54, 1.807) is 0 Å². The summed E-state index contributed by atoms with van der Waals surface area (Å²) in [6, 6.07) is 0. The highest BCUT2D eigenvalue weighted by atomic mass is 79.9. The van der Waals surface area contributed by atoms with Gasteiger partial charge in [0.05, 0.1) is 45.2 Å². The van der Waals surface area contributed by atoms with Crippen molar-refractivity contribution >= 4 is 49.2 Å². The van der Waals surface area contributed by atoms with Crippen LogP contribution in [0.3, 0.4) is 0 Å². The Morgan fingerprint density at radius 1 is 0.429 bits per heavy atom. The molecule has 0 amide bonds. The molecule has 0 N–H and O–H groups in total. The van der Waals surface area contributed by atoms with Gasteiger partial charge in [-0.2, -0.15) is 0 Å². The van der Waals surface area contributed by atoms with E-state index < -0.39 is 70.3 Å². The zero-order valence-electron chi connectivity index (χ0n) is 39.1. The highest BCUT2D eigenvalue weighted by molar-refractivity contribution is 9.09. The second-order valence-electron chi connectivity index (χ2n) is 18.7. The van der Waals surface area contributed by atoms with Crippen molar-refractivity contribution in [3.8, 4) is 0 Å². The van der Waals surface area contributed by atoms with Gasteiger partial charge in [-0.3, -0.25) is 0 Å². The van der Waals surface area contributed by atoms with Crippen molar-refractivity contribution in [3.63, 3.8) is 0 Å². The van der Waals surface area contributed by atoms with E-state index in [1.165, 1.54) is 0 Å². The lowest BCUT2D eigenvalue weighted by atomic mass is 10.2. The fourth-order valence-electron chi connectivity index (χ4n) is 5.20. The maximum absolute atomic E-state index is 7.18. The predicted octanol–water partition coefficient (Wildman–Crippen LogP) is 10.2. The van der Waals surface area contributed by atoms with Crippen LogP contribution in [0.15, 0.2) is 0 Å². The van der Waals surface area contributed by atoms with Gasteiger partial charge in [0.25, 0.3) is 0 Å². The number of hydrogen-bond acceptors (Lipinski definition) is 11. The molecule has 0 aromatic carbocycles. The van der Waals surface area contributed by atoms with Crippen LogP contribution < -0.4 is 0 Å². The second kappa shape index (κ2) is 30.0. The Morgan fingerprint density at radius 2 is 0.857 bits per heavy atom. The molecule has 8 atom stereocenters. The number of rotatable bonds is 37. The monoisotopic (exact) mass is 936 g/mol. The number of unbranched alkanes of at least 4 members (excludes halogenated alkanes) is 3. The van der Waals surface area contributed by atoms with Crippen molar-refractivity contribution in [2.24, 2.45) is 0 Å². The van der Waals surface area contributed by atoms with Gasteiger partial charge < -0.3 is 50.9 Å². The molecule has 0 radical (unpaired) electrons. The third-order valence-corrected chi connectivity index (χ3v) is 12.6. The van der Waals surface area contributed by atoms with Crippen LogP contribution in [0.4, 0.5) is 0 Å². The summed E-state index contributed by atoms with van der Waals surface area (Å²) < 4.78 is 73.2. The van der Waals surface area contributed by atoms with E-state index in [0.29, 0.717) is 51.6 Å². The van der Waals surface area contributed by atoms with Gasteiger partial charge in [0, 0.05) is 25.2 Å². The molecule has 0 bridgehead atoms. The molecule has 11 nitrogen and oxygen atoms in total. The van der Waals surface area contributed by atoms with E-state index in [2.05, 4.69) is 122 Å². The average molecular weight is 938 g/mol. The van der Waals surface area contributed by atoms with Crippen LogP contribution in [-0.2, 0) is 50.9 Å². The normalized spacial score (nSPS) is 17.7. The lowest BCUT2D eigenvalue weighted by Gasteiger charge is -2.41. The fourth-order valence-corrected chi connectivity index (χ4v) is 9.07. The summed E-state index contributed by atoms with van der Waals surface area (Å²) in [5, 5.41) is 0.615. The standard InChI is InChI=1S/C40H89BrO11Si4/c1-18-21-25-42-29-35(33(4)44-27-23-20-3)48-39(45-28-24-41)37(30-43-26-22-19-2)50-40(38(52-56(15,16)17)32-47-54(9,10)11)49-36(31-46-53(6,7)8)34(5)51-55(12,13)14/h33-40H,18-32H2,1-17H3/t33-,34-,35?,36?,37+,38+,39-,40+/m0/s1. The minimum Gasteiger partial charge on any atom is -0.415 e. The third-order valence-electron chi connectivity index (χ3n) is 8.07. The van der Waals surface area contributed by atoms with Crippen molar-refractivity contribution in [2.75, 3.05) is 58.2 Å². The van der Waals surface area contributed by atoms with E-state index >= 15 is 0 Å². The van der Waals surface area contributed by atoms with Gasteiger partial charge in [-0.1, -0.05) is 56.0 Å². The molecule has 338 valence electrons. The van der Waals surface area contributed by atoms with Gasteiger partial charge in [0.1, 0.15) is 24.4 Å². The summed E-state index contributed by atoms with van der Waals surface area (Å²) in [6.45, 7) is 40.3. The molecular weight excluding hydrogens is 849 g/mol. The second-order valence-corrected chi connectivity index (χ2v) is 37.4. The molecule has 16 heteroatoms. The summed E-state index contributed by atoms with van der Waals surface area (Å²) in [5.74, 6) is 0. The zero-order chi connectivity index (χ0) is 43.0. The highest BCUT2D eigenvalue weighted by Crippen LogP contribution is 2.25. The molecule has 0 aromatic rings. The van der Waals surface area contributed by atoms with Crippen LogP contribution in [0, 0.1) is 0 Å². The molecule has 0 saturated heterocycles. The van der Waals surface area contributed by atoms with E-state index in [-0.39, 0.29) is 18.8 Å². The molecule has 0 aliphatic carbocycles. The zero-order valence-corrected chi connectivity index (χ0v) is 44.7. The van der Waals surface area contributed by atoms with Crippen LogP contribution in [0.5, 0.6) is 0 Å². The first kappa shape index (κ1) is 56.9. The summed E-state index contributed by atoms with van der Waals surface area (Å²) in [6.07, 6.45) is 1.58. The highest BCUT2D eigenvalue weighted by Gasteiger charge is 2.40. The molecule has 56 heavy (non-hydrogen) atoms. The Kier molecular flexibility index (Phi) is 30.5. The van der Waals surface area contributed by atoms with Crippen molar-refractivity contribution in [1.82, 2.24) is 0 Å². The average Bonchev–Trinajstić information content (AvgIpc) is 3.06. The molecule has 2 unspecified atom stereocenters. The first-order valence-electron chi connectivity index (χ1n) is 21.5. The lowest BCUT2D eigenvalue weighted by molar-refractivity contribution is -0.309. The van der Waals surface area contributed by atoms with Gasteiger partial charge in [0.15, 0.2) is 45.8 Å². The molecule has 0 saturated carbocycles. The smallest absolute Gasteiger partial charge is 0.186 e. The molecule has 0 rings (SSSR count). The molecule has 0 aromatic heterocycles. The van der Waals surface area contributed by atoms with Crippen molar-refractivity contribution in [3.05, 3.63) is 0 Å². The quantitative estimate of drug-likeness (QED) is 0.0258. The Labute approximate surface area is 357 Å². The van der Waals surface area contributed by atoms with E-state index in [0.717, 1.165) is 38.5 Å². The van der Waals surface area contributed by atoms with Gasteiger partial charge in [-0.05, 0) is 112 Å². The van der Waals surface area contributed by atoms with E-state index in [9.17, 15) is 0 Å². The van der Waals surface area contributed by atoms with Crippen LogP contribution >= 0.6 is 15.9 Å². The summed E-state index contributed by atoms with van der Waals surface area (Å²) in [5.41, 5.74) is 0. The van der Waals surface area contributed by atoms with Crippen LogP contribution in [-0.4, -0.2) is 141 Å². The maximum Gasteiger partial charge on any atom is 0.186 e. The minimum atomic E-state index is -2.17. The van der Waals surface area contributed by atoms with Gasteiger partial charge in [-0.15, -0.1) is 0 Å². The van der Waals surface area contributed by atoms with Crippen LogP contribution in [0.2, 0.25) is 78.6 Å². The SMILES string of the molecule is CCCCOCC(O[C@H](OCCBr)[C@@H](COCCCC)O[C@@H](OC(CO[Si](C)(C)C)[C@H](C)O[Si](C)(C)C)[C@@H](CO[Si](C)(C)C)O[Si](C)(C)C)[C@H](C)OCCCC. The Morgan fingerprint density at radius 3 is 1.32 bits per heavy atom. The van der Waals surface area contributed by atoms with Crippen LogP contribution in [0.25, 0.3) is 0 Å². The first-order chi connectivity index (χ1) is 25.9. The number of alkyl halides is 1. The molecule has 0 aliphatic heterocycles. The Hall–Kier alpha value is 0.908. The molecule has 0 fully saturated rings. The molecular formula is C40H89BrO11Si4. The Balaban J connectivity index is 7.32. The van der Waals surface area contributed by atoms with Crippen molar-refractivity contribution < 1.29 is 50.9 Å². The van der Waals surface area contributed by atoms with Crippen LogP contribution in [0.1, 0.15) is 73.1 Å². The van der Waals surface area contributed by atoms with Crippen molar-refractivity contribution in [1.29, 1.82) is 0 Å². The summed E-state index contributed by atoms with van der Waals surface area (Å²) in [7, 11) is -8.02. The van der Waals surface area contributed by atoms with Gasteiger partial charge >= 0.3 is 0 Å². The maximum atomic E-state index is 7.18. The predicted molar refractivity (Wildman–Crippen MR) is 244 cm³/mol. The van der Waals surface area contributed by atoms with Gasteiger partial charge in [-0.25, -0.2) is 0 Å². The Bertz CT molecular complexity index is 947.